The van der Waals surface area contributed by atoms with Gasteiger partial charge in [-0.3, -0.25) is 14.5 Å². The van der Waals surface area contributed by atoms with Crippen molar-refractivity contribution in [3.05, 3.63) is 98.6 Å². The van der Waals surface area contributed by atoms with Gasteiger partial charge in [0.05, 0.1) is 21.2 Å². The summed E-state index contributed by atoms with van der Waals surface area (Å²) in [5, 5.41) is 1.07. The second-order valence-corrected chi connectivity index (χ2v) is 9.00. The molecule has 1 aliphatic heterocycles. The number of carbonyl (C=O) groups is 1. The average Bonchev–Trinajstić information content (AvgIpc) is 3.17. The average molecular weight is 468 g/mol. The highest BCUT2D eigenvalue weighted by Crippen LogP contribution is 2.43. The second-order valence-electron chi connectivity index (χ2n) is 7.12. The third-order valence-corrected chi connectivity index (χ3v) is 7.10. The zero-order valence-electron chi connectivity index (χ0n) is 16.0. The summed E-state index contributed by atoms with van der Waals surface area (Å²) in [6, 6.07) is 21.6. The highest BCUT2D eigenvalue weighted by atomic mass is 35.5. The molecule has 4 nitrogen and oxygen atoms in total. The van der Waals surface area contributed by atoms with Crippen LogP contribution in [0.5, 0.6) is 0 Å². The Morgan fingerprint density at radius 1 is 0.903 bits per heavy atom. The fraction of sp³-hybridized carbons (Fsp3) is 0.0833. The summed E-state index contributed by atoms with van der Waals surface area (Å²) in [5.41, 5.74) is 2.65. The van der Waals surface area contributed by atoms with E-state index in [4.69, 9.17) is 27.6 Å². The van der Waals surface area contributed by atoms with E-state index in [1.54, 1.807) is 35.2 Å². The molecule has 1 amide bonds. The van der Waals surface area contributed by atoms with Crippen LogP contribution in [-0.4, -0.2) is 11.7 Å². The van der Waals surface area contributed by atoms with E-state index in [0.29, 0.717) is 38.2 Å². The lowest BCUT2D eigenvalue weighted by Crippen LogP contribution is -2.27. The van der Waals surface area contributed by atoms with Crippen LogP contribution in [0.2, 0.25) is 10.0 Å². The molecule has 0 N–H and O–H groups in total. The van der Waals surface area contributed by atoms with E-state index in [1.165, 1.54) is 17.8 Å². The van der Waals surface area contributed by atoms with Gasteiger partial charge in [0.2, 0.25) is 5.91 Å². The predicted molar refractivity (Wildman–Crippen MR) is 127 cm³/mol. The van der Waals surface area contributed by atoms with Crippen LogP contribution in [0, 0.1) is 0 Å². The van der Waals surface area contributed by atoms with Crippen LogP contribution in [0.25, 0.3) is 22.3 Å². The van der Waals surface area contributed by atoms with E-state index in [0.717, 1.165) is 11.1 Å². The summed E-state index contributed by atoms with van der Waals surface area (Å²) in [4.78, 5) is 27.3. The minimum atomic E-state index is -0.254. The second kappa shape index (κ2) is 8.08. The van der Waals surface area contributed by atoms with Crippen molar-refractivity contribution in [2.75, 3.05) is 10.7 Å². The van der Waals surface area contributed by atoms with Crippen molar-refractivity contribution in [3.63, 3.8) is 0 Å². The molecular formula is C24H15Cl2NO3S. The summed E-state index contributed by atoms with van der Waals surface area (Å²) in [7, 11) is 0. The largest absolute Gasteiger partial charge is 0.456 e. The van der Waals surface area contributed by atoms with Crippen molar-refractivity contribution in [1.82, 2.24) is 0 Å². The van der Waals surface area contributed by atoms with Gasteiger partial charge in [-0.05, 0) is 35.9 Å². The summed E-state index contributed by atoms with van der Waals surface area (Å²) in [6.07, 6.45) is 0. The third kappa shape index (κ3) is 3.74. The minimum absolute atomic E-state index is 0.0364. The smallest absolute Gasteiger partial charge is 0.238 e. The SMILES string of the molecule is O=C1CSC(c2ccc(Cl)c(Cl)c2)N1c1ccc2oc(-c3ccccc3)cc(=O)c2c1. The van der Waals surface area contributed by atoms with Crippen LogP contribution in [0.3, 0.4) is 0 Å². The Morgan fingerprint density at radius 2 is 1.71 bits per heavy atom. The van der Waals surface area contributed by atoms with E-state index in [1.807, 2.05) is 36.4 Å². The zero-order valence-corrected chi connectivity index (χ0v) is 18.4. The maximum atomic E-state index is 12.9. The van der Waals surface area contributed by atoms with E-state index in [-0.39, 0.29) is 16.7 Å². The molecule has 1 aromatic heterocycles. The number of hydrogen-bond donors (Lipinski definition) is 0. The number of carbonyl (C=O) groups excluding carboxylic acids is 1. The molecule has 0 aliphatic carbocycles. The topological polar surface area (TPSA) is 50.5 Å². The van der Waals surface area contributed by atoms with Gasteiger partial charge in [-0.15, -0.1) is 11.8 Å². The molecule has 31 heavy (non-hydrogen) atoms. The molecule has 0 bridgehead atoms. The van der Waals surface area contributed by atoms with Crippen LogP contribution in [0.15, 0.2) is 82.0 Å². The number of rotatable bonds is 3. The Hall–Kier alpha value is -2.73. The molecule has 1 aliphatic rings. The Bertz CT molecular complexity index is 1370. The Morgan fingerprint density at radius 3 is 2.48 bits per heavy atom. The standard InChI is InChI=1S/C24H15Cl2NO3S/c25-18-8-6-15(10-19(18)26)24-27(23(29)13-31-24)16-7-9-21-17(11-16)20(28)12-22(30-21)14-4-2-1-3-5-14/h1-12,24H,13H2. The summed E-state index contributed by atoms with van der Waals surface area (Å²) < 4.78 is 5.97. The number of anilines is 1. The van der Waals surface area contributed by atoms with Gasteiger partial charge in [-0.25, -0.2) is 0 Å². The van der Waals surface area contributed by atoms with Gasteiger partial charge in [-0.2, -0.15) is 0 Å². The van der Waals surface area contributed by atoms with E-state index < -0.39 is 0 Å². The number of halogens is 2. The molecule has 0 radical (unpaired) electrons. The van der Waals surface area contributed by atoms with Crippen LogP contribution < -0.4 is 10.3 Å². The first-order valence-corrected chi connectivity index (χ1v) is 11.3. The fourth-order valence-electron chi connectivity index (χ4n) is 3.65. The first-order valence-electron chi connectivity index (χ1n) is 9.53. The molecule has 7 heteroatoms. The normalized spacial score (nSPS) is 16.3. The van der Waals surface area contributed by atoms with Gasteiger partial charge in [-0.1, -0.05) is 59.6 Å². The van der Waals surface area contributed by atoms with Crippen molar-refractivity contribution >= 4 is 57.5 Å². The molecular weight excluding hydrogens is 453 g/mol. The molecule has 5 rings (SSSR count). The van der Waals surface area contributed by atoms with Gasteiger partial charge in [0, 0.05) is 17.3 Å². The Balaban J connectivity index is 1.57. The van der Waals surface area contributed by atoms with Crippen molar-refractivity contribution < 1.29 is 9.21 Å². The number of amides is 1. The highest BCUT2D eigenvalue weighted by Gasteiger charge is 2.34. The third-order valence-electron chi connectivity index (χ3n) is 5.14. The lowest BCUT2D eigenvalue weighted by Gasteiger charge is -2.25. The molecule has 4 aromatic rings. The summed E-state index contributed by atoms with van der Waals surface area (Å²) in [5.74, 6) is 0.808. The Kier molecular flexibility index (Phi) is 5.26. The van der Waals surface area contributed by atoms with Crippen LogP contribution in [0.1, 0.15) is 10.9 Å². The van der Waals surface area contributed by atoms with Crippen molar-refractivity contribution in [2.24, 2.45) is 0 Å². The van der Waals surface area contributed by atoms with E-state index in [2.05, 4.69) is 0 Å². The van der Waals surface area contributed by atoms with Crippen molar-refractivity contribution in [2.45, 2.75) is 5.37 Å². The Labute approximate surface area is 192 Å². The quantitative estimate of drug-likeness (QED) is 0.342. The van der Waals surface area contributed by atoms with Crippen LogP contribution in [0.4, 0.5) is 5.69 Å². The predicted octanol–water partition coefficient (Wildman–Crippen LogP) is 6.55. The number of hydrogen-bond acceptors (Lipinski definition) is 4. The molecule has 0 saturated carbocycles. The minimum Gasteiger partial charge on any atom is -0.456 e. The fourth-order valence-corrected chi connectivity index (χ4v) is 5.13. The molecule has 154 valence electrons. The van der Waals surface area contributed by atoms with Gasteiger partial charge < -0.3 is 4.42 Å². The monoisotopic (exact) mass is 467 g/mol. The molecule has 3 aromatic carbocycles. The maximum Gasteiger partial charge on any atom is 0.238 e. The highest BCUT2D eigenvalue weighted by molar-refractivity contribution is 8.00. The van der Waals surface area contributed by atoms with E-state index >= 15 is 0 Å². The van der Waals surface area contributed by atoms with Crippen molar-refractivity contribution in [1.29, 1.82) is 0 Å². The van der Waals surface area contributed by atoms with Crippen molar-refractivity contribution in [3.8, 4) is 11.3 Å². The van der Waals surface area contributed by atoms with Crippen LogP contribution >= 0.6 is 35.0 Å². The maximum absolute atomic E-state index is 12.9. The molecule has 1 atom stereocenters. The van der Waals surface area contributed by atoms with Gasteiger partial charge in [0.1, 0.15) is 16.7 Å². The van der Waals surface area contributed by atoms with Gasteiger partial charge in [0.25, 0.3) is 0 Å². The first kappa shape index (κ1) is 20.2. The van der Waals surface area contributed by atoms with Crippen LogP contribution in [-0.2, 0) is 4.79 Å². The summed E-state index contributed by atoms with van der Waals surface area (Å²) >= 11 is 13.7. The molecule has 1 fully saturated rings. The lowest BCUT2D eigenvalue weighted by atomic mass is 10.1. The molecule has 1 saturated heterocycles. The number of fused-ring (bicyclic) bond motifs is 1. The number of nitrogens with zero attached hydrogens (tertiary/aromatic N) is 1. The van der Waals surface area contributed by atoms with Gasteiger partial charge >= 0.3 is 0 Å². The molecule has 0 spiro atoms. The zero-order chi connectivity index (χ0) is 21.5. The lowest BCUT2D eigenvalue weighted by molar-refractivity contribution is -0.115. The van der Waals surface area contributed by atoms with Gasteiger partial charge in [0.15, 0.2) is 5.43 Å². The number of thioether (sulfide) groups is 1. The number of benzene rings is 3. The first-order chi connectivity index (χ1) is 15.0. The molecule has 1 unspecified atom stereocenters. The molecule has 2 heterocycles. The summed E-state index contributed by atoms with van der Waals surface area (Å²) in [6.45, 7) is 0. The van der Waals surface area contributed by atoms with E-state index in [9.17, 15) is 9.59 Å².